The lowest BCUT2D eigenvalue weighted by molar-refractivity contribution is 0.151. The maximum Gasteiger partial charge on any atom is 0.0229 e. The Morgan fingerprint density at radius 3 is 2.47 bits per heavy atom. The van der Waals surface area contributed by atoms with E-state index in [1.54, 1.807) is 0 Å². The molecule has 0 aromatic heterocycles. The summed E-state index contributed by atoms with van der Waals surface area (Å²) in [5.74, 6) is 1.61. The van der Waals surface area contributed by atoms with Crippen LogP contribution in [0.15, 0.2) is 12.2 Å². The van der Waals surface area contributed by atoms with Gasteiger partial charge in [0.1, 0.15) is 0 Å². The quantitative estimate of drug-likeness (QED) is 0.745. The number of nitrogens with zero attached hydrogens (tertiary/aromatic N) is 2. The monoisotopic (exact) mass is 237 g/mol. The molecule has 2 atom stereocenters. The lowest BCUT2D eigenvalue weighted by Gasteiger charge is -2.34. The van der Waals surface area contributed by atoms with Crippen molar-refractivity contribution in [2.45, 2.75) is 25.3 Å². The van der Waals surface area contributed by atoms with Crippen molar-refractivity contribution in [2.75, 3.05) is 40.3 Å². The molecule has 2 N–H and O–H groups in total. The first-order chi connectivity index (χ1) is 8.13. The van der Waals surface area contributed by atoms with Crippen LogP contribution < -0.4 is 5.73 Å². The van der Waals surface area contributed by atoms with Gasteiger partial charge in [-0.2, -0.15) is 0 Å². The highest BCUT2D eigenvalue weighted by Gasteiger charge is 2.23. The zero-order valence-corrected chi connectivity index (χ0v) is 11.3. The molecule has 3 heteroatoms. The molecule has 2 unspecified atom stereocenters. The van der Waals surface area contributed by atoms with Crippen molar-refractivity contribution in [3.05, 3.63) is 12.2 Å². The minimum atomic E-state index is 0.311. The Hall–Kier alpha value is -0.380. The molecule has 1 fully saturated rings. The molecule has 0 aromatic rings. The van der Waals surface area contributed by atoms with Crippen molar-refractivity contribution < 1.29 is 0 Å². The Balaban J connectivity index is 1.67. The van der Waals surface area contributed by atoms with E-state index in [9.17, 15) is 0 Å². The van der Waals surface area contributed by atoms with Crippen LogP contribution >= 0.6 is 0 Å². The van der Waals surface area contributed by atoms with Gasteiger partial charge in [0.2, 0.25) is 0 Å². The van der Waals surface area contributed by atoms with Crippen LogP contribution in [0.3, 0.4) is 0 Å². The third-order valence-electron chi connectivity index (χ3n) is 4.03. The van der Waals surface area contributed by atoms with Crippen molar-refractivity contribution >= 4 is 0 Å². The molecule has 0 aromatic carbocycles. The van der Waals surface area contributed by atoms with E-state index in [0.717, 1.165) is 12.3 Å². The molecule has 1 aliphatic heterocycles. The Morgan fingerprint density at radius 1 is 1.24 bits per heavy atom. The molecule has 1 aliphatic carbocycles. The number of nitrogens with two attached hydrogens (primary N) is 1. The van der Waals surface area contributed by atoms with Gasteiger partial charge in [-0.1, -0.05) is 12.2 Å². The van der Waals surface area contributed by atoms with Crippen molar-refractivity contribution in [3.63, 3.8) is 0 Å². The predicted molar refractivity (Wildman–Crippen MR) is 72.9 cm³/mol. The van der Waals surface area contributed by atoms with Crippen molar-refractivity contribution in [1.82, 2.24) is 9.80 Å². The minimum absolute atomic E-state index is 0.311. The van der Waals surface area contributed by atoms with E-state index in [4.69, 9.17) is 5.73 Å². The lowest BCUT2D eigenvalue weighted by atomic mass is 9.95. The van der Waals surface area contributed by atoms with Gasteiger partial charge in [-0.3, -0.25) is 0 Å². The molecule has 2 aliphatic rings. The fourth-order valence-corrected chi connectivity index (χ4v) is 3.14. The molecule has 0 amide bonds. The molecule has 2 rings (SSSR count). The second-order valence-corrected chi connectivity index (χ2v) is 6.05. The Bertz CT molecular complexity index is 254. The van der Waals surface area contributed by atoms with Crippen LogP contribution in [0.4, 0.5) is 0 Å². The topological polar surface area (TPSA) is 32.5 Å². The van der Waals surface area contributed by atoms with Crippen LogP contribution in [0.25, 0.3) is 0 Å². The molecule has 17 heavy (non-hydrogen) atoms. The van der Waals surface area contributed by atoms with Gasteiger partial charge in [0.15, 0.2) is 0 Å². The fourth-order valence-electron chi connectivity index (χ4n) is 3.14. The van der Waals surface area contributed by atoms with Crippen LogP contribution in [-0.4, -0.2) is 56.1 Å². The summed E-state index contributed by atoms with van der Waals surface area (Å²) in [6.07, 6.45) is 8.36. The van der Waals surface area contributed by atoms with Crippen LogP contribution in [0.2, 0.25) is 0 Å². The van der Waals surface area contributed by atoms with E-state index in [0.29, 0.717) is 12.0 Å². The zero-order chi connectivity index (χ0) is 12.3. The molecular weight excluding hydrogens is 210 g/mol. The van der Waals surface area contributed by atoms with E-state index in [1.165, 1.54) is 39.0 Å². The molecule has 0 bridgehead atoms. The first-order valence-electron chi connectivity index (χ1n) is 6.94. The summed E-state index contributed by atoms with van der Waals surface area (Å²) in [6, 6.07) is 0.311. The van der Waals surface area contributed by atoms with E-state index in [-0.39, 0.29) is 0 Å². The number of piperidine rings is 1. The molecule has 1 saturated heterocycles. The van der Waals surface area contributed by atoms with Gasteiger partial charge in [0.05, 0.1) is 0 Å². The van der Waals surface area contributed by atoms with Crippen LogP contribution in [0.1, 0.15) is 19.3 Å². The smallest absolute Gasteiger partial charge is 0.0229 e. The van der Waals surface area contributed by atoms with Crippen LogP contribution in [0.5, 0.6) is 0 Å². The first kappa shape index (κ1) is 13.1. The van der Waals surface area contributed by atoms with E-state index >= 15 is 0 Å². The Labute approximate surface area is 106 Å². The summed E-state index contributed by atoms with van der Waals surface area (Å²) in [5.41, 5.74) is 5.90. The van der Waals surface area contributed by atoms with Crippen LogP contribution in [0, 0.1) is 11.8 Å². The molecule has 98 valence electrons. The summed E-state index contributed by atoms with van der Waals surface area (Å²) < 4.78 is 0. The molecular formula is C14H27N3. The summed E-state index contributed by atoms with van der Waals surface area (Å²) >= 11 is 0. The predicted octanol–water partition coefficient (Wildman–Crippen LogP) is 1.16. The van der Waals surface area contributed by atoms with Gasteiger partial charge < -0.3 is 15.5 Å². The molecule has 3 nitrogen and oxygen atoms in total. The Kier molecular flexibility index (Phi) is 4.60. The third-order valence-corrected chi connectivity index (χ3v) is 4.03. The molecule has 0 saturated carbocycles. The summed E-state index contributed by atoms with van der Waals surface area (Å²) in [4.78, 5) is 4.94. The van der Waals surface area contributed by atoms with Gasteiger partial charge in [-0.15, -0.1) is 0 Å². The second kappa shape index (κ2) is 5.98. The molecule has 0 radical (unpaired) electrons. The SMILES string of the molecule is CN(C)CC1CCN(CC2C=CC(N)C2)CC1. The third kappa shape index (κ3) is 4.09. The second-order valence-electron chi connectivity index (χ2n) is 6.05. The van der Waals surface area contributed by atoms with Gasteiger partial charge in [0.25, 0.3) is 0 Å². The fraction of sp³-hybridized carbons (Fsp3) is 0.857. The summed E-state index contributed by atoms with van der Waals surface area (Å²) in [5, 5.41) is 0. The summed E-state index contributed by atoms with van der Waals surface area (Å²) in [6.45, 7) is 5.02. The average molecular weight is 237 g/mol. The number of rotatable bonds is 4. The minimum Gasteiger partial charge on any atom is -0.324 e. The van der Waals surface area contributed by atoms with Crippen molar-refractivity contribution in [3.8, 4) is 0 Å². The average Bonchev–Trinajstić information content (AvgIpc) is 2.66. The maximum atomic E-state index is 5.90. The van der Waals surface area contributed by atoms with Gasteiger partial charge in [-0.25, -0.2) is 0 Å². The van der Waals surface area contributed by atoms with Crippen LogP contribution in [-0.2, 0) is 0 Å². The van der Waals surface area contributed by atoms with Gasteiger partial charge in [0, 0.05) is 19.1 Å². The standard InChI is InChI=1S/C14H27N3/c1-16(2)10-12-5-7-17(8-6-12)11-13-3-4-14(15)9-13/h3-4,12-14H,5-11,15H2,1-2H3. The van der Waals surface area contributed by atoms with Crippen molar-refractivity contribution in [2.24, 2.45) is 17.6 Å². The highest BCUT2D eigenvalue weighted by atomic mass is 15.1. The lowest BCUT2D eigenvalue weighted by Crippen LogP contribution is -2.39. The maximum absolute atomic E-state index is 5.90. The molecule has 0 spiro atoms. The number of hydrogen-bond donors (Lipinski definition) is 1. The van der Waals surface area contributed by atoms with E-state index in [2.05, 4.69) is 36.0 Å². The number of likely N-dealkylation sites (tertiary alicyclic amines) is 1. The van der Waals surface area contributed by atoms with E-state index < -0.39 is 0 Å². The number of hydrogen-bond acceptors (Lipinski definition) is 3. The molecule has 1 heterocycles. The first-order valence-corrected chi connectivity index (χ1v) is 6.94. The zero-order valence-electron chi connectivity index (χ0n) is 11.3. The Morgan fingerprint density at radius 2 is 1.94 bits per heavy atom. The largest absolute Gasteiger partial charge is 0.324 e. The van der Waals surface area contributed by atoms with Crippen molar-refractivity contribution in [1.29, 1.82) is 0 Å². The normalized spacial score (nSPS) is 31.5. The van der Waals surface area contributed by atoms with E-state index in [1.807, 2.05) is 0 Å². The highest BCUT2D eigenvalue weighted by Crippen LogP contribution is 2.22. The highest BCUT2D eigenvalue weighted by molar-refractivity contribution is 5.05. The van der Waals surface area contributed by atoms with Gasteiger partial charge in [-0.05, 0) is 58.3 Å². The van der Waals surface area contributed by atoms with Gasteiger partial charge >= 0.3 is 0 Å². The summed E-state index contributed by atoms with van der Waals surface area (Å²) in [7, 11) is 4.36.